The summed E-state index contributed by atoms with van der Waals surface area (Å²) >= 11 is 0. The molecule has 1 heterocycles. The van der Waals surface area contributed by atoms with Gasteiger partial charge in [0, 0.05) is 31.3 Å². The number of ether oxygens (including phenoxy) is 1. The van der Waals surface area contributed by atoms with E-state index < -0.39 is 0 Å². The minimum Gasteiger partial charge on any atom is -0.383 e. The Bertz CT molecular complexity index is 620. The van der Waals surface area contributed by atoms with Gasteiger partial charge in [0.1, 0.15) is 0 Å². The standard InChI is InChI=1S/C18H26N2O/c1-12(2)17-10-15(11-19-6-7-21-5)16-9-13(3)8-14(4)18(16)20-17/h8-10,12,19H,6-7,11H2,1-5H3. The molecular formula is C18H26N2O. The van der Waals surface area contributed by atoms with Crippen LogP contribution in [0.2, 0.25) is 0 Å². The lowest BCUT2D eigenvalue weighted by atomic mass is 9.99. The molecule has 0 amide bonds. The van der Waals surface area contributed by atoms with E-state index in [1.54, 1.807) is 7.11 Å². The zero-order valence-corrected chi connectivity index (χ0v) is 13.8. The number of aromatic nitrogens is 1. The first-order valence-electron chi connectivity index (χ1n) is 7.63. The molecular weight excluding hydrogens is 260 g/mol. The number of benzene rings is 1. The van der Waals surface area contributed by atoms with Gasteiger partial charge in [0.25, 0.3) is 0 Å². The molecule has 0 aliphatic heterocycles. The molecule has 1 aromatic carbocycles. The Hall–Kier alpha value is -1.45. The van der Waals surface area contributed by atoms with Crippen LogP contribution < -0.4 is 5.32 Å². The molecule has 0 spiro atoms. The van der Waals surface area contributed by atoms with Crippen LogP contribution in [0.3, 0.4) is 0 Å². The second-order valence-corrected chi connectivity index (χ2v) is 6.01. The number of nitrogens with one attached hydrogen (secondary N) is 1. The maximum absolute atomic E-state index is 5.09. The Balaban J connectivity index is 2.44. The molecule has 0 unspecified atom stereocenters. The van der Waals surface area contributed by atoms with Crippen LogP contribution in [0.15, 0.2) is 18.2 Å². The maximum atomic E-state index is 5.09. The van der Waals surface area contributed by atoms with E-state index in [4.69, 9.17) is 9.72 Å². The average Bonchev–Trinajstić information content (AvgIpc) is 2.43. The maximum Gasteiger partial charge on any atom is 0.0738 e. The van der Waals surface area contributed by atoms with Crippen molar-refractivity contribution in [1.29, 1.82) is 0 Å². The molecule has 0 aliphatic carbocycles. The lowest BCUT2D eigenvalue weighted by Crippen LogP contribution is -2.19. The molecule has 2 aromatic rings. The van der Waals surface area contributed by atoms with Crippen molar-refractivity contribution in [2.75, 3.05) is 20.3 Å². The minimum atomic E-state index is 0.438. The Morgan fingerprint density at radius 1 is 1.19 bits per heavy atom. The first kappa shape index (κ1) is 15.9. The second-order valence-electron chi connectivity index (χ2n) is 6.01. The predicted molar refractivity (Wildman–Crippen MR) is 88.9 cm³/mol. The summed E-state index contributed by atoms with van der Waals surface area (Å²) in [6, 6.07) is 6.69. The number of fused-ring (bicyclic) bond motifs is 1. The SMILES string of the molecule is COCCNCc1cc(C(C)C)nc2c(C)cc(C)cc12. The summed E-state index contributed by atoms with van der Waals surface area (Å²) in [6.07, 6.45) is 0. The zero-order valence-electron chi connectivity index (χ0n) is 13.8. The van der Waals surface area contributed by atoms with E-state index in [0.29, 0.717) is 5.92 Å². The van der Waals surface area contributed by atoms with Crippen molar-refractivity contribution in [2.24, 2.45) is 0 Å². The van der Waals surface area contributed by atoms with Crippen LogP contribution in [0.25, 0.3) is 10.9 Å². The van der Waals surface area contributed by atoms with Gasteiger partial charge in [-0.15, -0.1) is 0 Å². The van der Waals surface area contributed by atoms with Crippen molar-refractivity contribution in [3.8, 4) is 0 Å². The van der Waals surface area contributed by atoms with Gasteiger partial charge < -0.3 is 10.1 Å². The second kappa shape index (κ2) is 7.01. The van der Waals surface area contributed by atoms with E-state index in [-0.39, 0.29) is 0 Å². The number of hydrogen-bond acceptors (Lipinski definition) is 3. The highest BCUT2D eigenvalue weighted by Gasteiger charge is 2.10. The smallest absolute Gasteiger partial charge is 0.0738 e. The molecule has 2 rings (SSSR count). The van der Waals surface area contributed by atoms with Gasteiger partial charge in [-0.25, -0.2) is 0 Å². The molecule has 0 saturated carbocycles. The normalized spacial score (nSPS) is 11.5. The highest BCUT2D eigenvalue weighted by Crippen LogP contribution is 2.26. The summed E-state index contributed by atoms with van der Waals surface area (Å²) in [6.45, 7) is 11.1. The van der Waals surface area contributed by atoms with Gasteiger partial charge in [-0.3, -0.25) is 4.98 Å². The van der Waals surface area contributed by atoms with Crippen molar-refractivity contribution in [2.45, 2.75) is 40.2 Å². The van der Waals surface area contributed by atoms with Crippen LogP contribution in [0.1, 0.15) is 42.1 Å². The van der Waals surface area contributed by atoms with Crippen molar-refractivity contribution in [1.82, 2.24) is 10.3 Å². The number of nitrogens with zero attached hydrogens (tertiary/aromatic N) is 1. The largest absolute Gasteiger partial charge is 0.383 e. The van der Waals surface area contributed by atoms with Crippen molar-refractivity contribution < 1.29 is 4.74 Å². The fourth-order valence-corrected chi connectivity index (χ4v) is 2.61. The third-order valence-corrected chi connectivity index (χ3v) is 3.74. The van der Waals surface area contributed by atoms with E-state index in [0.717, 1.165) is 30.9 Å². The molecule has 0 fully saturated rings. The molecule has 3 heteroatoms. The van der Waals surface area contributed by atoms with Crippen LogP contribution in [-0.2, 0) is 11.3 Å². The van der Waals surface area contributed by atoms with Gasteiger partial charge >= 0.3 is 0 Å². The minimum absolute atomic E-state index is 0.438. The van der Waals surface area contributed by atoms with Gasteiger partial charge in [0.2, 0.25) is 0 Å². The van der Waals surface area contributed by atoms with E-state index in [9.17, 15) is 0 Å². The fourth-order valence-electron chi connectivity index (χ4n) is 2.61. The lowest BCUT2D eigenvalue weighted by Gasteiger charge is -2.14. The van der Waals surface area contributed by atoms with Gasteiger partial charge in [-0.2, -0.15) is 0 Å². The highest BCUT2D eigenvalue weighted by atomic mass is 16.5. The van der Waals surface area contributed by atoms with Gasteiger partial charge in [-0.1, -0.05) is 25.5 Å². The summed E-state index contributed by atoms with van der Waals surface area (Å²) < 4.78 is 5.09. The van der Waals surface area contributed by atoms with Crippen molar-refractivity contribution in [3.05, 3.63) is 40.6 Å². The number of aryl methyl sites for hydroxylation is 2. The fraction of sp³-hybridized carbons (Fsp3) is 0.500. The Kier molecular flexibility index (Phi) is 5.32. The summed E-state index contributed by atoms with van der Waals surface area (Å²) in [5, 5.41) is 4.71. The van der Waals surface area contributed by atoms with E-state index in [2.05, 4.69) is 51.2 Å². The monoisotopic (exact) mass is 286 g/mol. The molecule has 0 saturated heterocycles. The highest BCUT2D eigenvalue weighted by molar-refractivity contribution is 5.86. The van der Waals surface area contributed by atoms with Gasteiger partial charge in [0.05, 0.1) is 12.1 Å². The average molecular weight is 286 g/mol. The summed E-state index contributed by atoms with van der Waals surface area (Å²) in [5.41, 5.74) is 6.17. The van der Waals surface area contributed by atoms with E-state index >= 15 is 0 Å². The number of pyridine rings is 1. The van der Waals surface area contributed by atoms with Gasteiger partial charge in [-0.05, 0) is 43.0 Å². The Labute approximate surface area is 127 Å². The molecule has 0 atom stereocenters. The van der Waals surface area contributed by atoms with Crippen LogP contribution >= 0.6 is 0 Å². The van der Waals surface area contributed by atoms with Crippen molar-refractivity contribution >= 4 is 10.9 Å². The third kappa shape index (κ3) is 3.80. The predicted octanol–water partition coefficient (Wildman–Crippen LogP) is 3.71. The van der Waals surface area contributed by atoms with Crippen LogP contribution in [0.4, 0.5) is 0 Å². The first-order valence-corrected chi connectivity index (χ1v) is 7.63. The molecule has 0 radical (unpaired) electrons. The quantitative estimate of drug-likeness (QED) is 0.822. The Morgan fingerprint density at radius 3 is 2.62 bits per heavy atom. The number of hydrogen-bond donors (Lipinski definition) is 1. The molecule has 0 bridgehead atoms. The first-order chi connectivity index (χ1) is 10.0. The lowest BCUT2D eigenvalue weighted by molar-refractivity contribution is 0.199. The topological polar surface area (TPSA) is 34.1 Å². The van der Waals surface area contributed by atoms with Crippen LogP contribution in [0.5, 0.6) is 0 Å². The number of methoxy groups -OCH3 is 1. The van der Waals surface area contributed by atoms with Crippen LogP contribution in [0, 0.1) is 13.8 Å². The van der Waals surface area contributed by atoms with E-state index in [1.165, 1.54) is 22.1 Å². The molecule has 21 heavy (non-hydrogen) atoms. The molecule has 1 aromatic heterocycles. The van der Waals surface area contributed by atoms with E-state index in [1.807, 2.05) is 0 Å². The summed E-state index contributed by atoms with van der Waals surface area (Å²) in [5.74, 6) is 0.438. The van der Waals surface area contributed by atoms with Gasteiger partial charge in [0.15, 0.2) is 0 Å². The van der Waals surface area contributed by atoms with Crippen LogP contribution in [-0.4, -0.2) is 25.2 Å². The molecule has 3 nitrogen and oxygen atoms in total. The Morgan fingerprint density at radius 2 is 1.95 bits per heavy atom. The summed E-state index contributed by atoms with van der Waals surface area (Å²) in [7, 11) is 1.73. The third-order valence-electron chi connectivity index (χ3n) is 3.74. The summed E-state index contributed by atoms with van der Waals surface area (Å²) in [4.78, 5) is 4.87. The van der Waals surface area contributed by atoms with Crippen molar-refractivity contribution in [3.63, 3.8) is 0 Å². The molecule has 1 N–H and O–H groups in total. The zero-order chi connectivity index (χ0) is 15.4. The molecule has 0 aliphatic rings. The number of rotatable bonds is 6. The molecule has 114 valence electrons.